The van der Waals surface area contributed by atoms with Crippen LogP contribution in [-0.4, -0.2) is 9.55 Å². The van der Waals surface area contributed by atoms with Gasteiger partial charge < -0.3 is 4.42 Å². The van der Waals surface area contributed by atoms with Gasteiger partial charge in [0.2, 0.25) is 0 Å². The Bertz CT molecular complexity index is 1490. The molecule has 0 N–H and O–H groups in total. The quantitative estimate of drug-likeness (QED) is 0.200. The lowest BCUT2D eigenvalue weighted by Crippen LogP contribution is -2.26. The van der Waals surface area contributed by atoms with Crippen LogP contribution in [0.1, 0.15) is 66.1 Å². The fourth-order valence-electron chi connectivity index (χ4n) is 5.38. The van der Waals surface area contributed by atoms with Gasteiger partial charge in [0, 0.05) is 28.1 Å². The molecule has 5 nitrogen and oxygen atoms in total. The standard InChI is InChI=1S/C26H26N2O3S2/c1-15-10-11-18-16(13-22(29)31-20(18)12-15)14-32-26-27-24-23(19-8-4-5-9-21(19)33-24)25(30)28(26)17-6-2-3-7-17/h10-13,17H,2-9,14H2,1H3. The van der Waals surface area contributed by atoms with E-state index < -0.39 is 0 Å². The molecule has 0 aliphatic heterocycles. The van der Waals surface area contributed by atoms with Gasteiger partial charge in [0.1, 0.15) is 10.4 Å². The lowest BCUT2D eigenvalue weighted by Gasteiger charge is -2.18. The number of fused-ring (bicyclic) bond motifs is 4. The first kappa shape index (κ1) is 21.2. The highest BCUT2D eigenvalue weighted by Crippen LogP contribution is 2.38. The molecular weight excluding hydrogens is 452 g/mol. The minimum Gasteiger partial charge on any atom is -0.423 e. The van der Waals surface area contributed by atoms with Gasteiger partial charge in [0.05, 0.1) is 5.39 Å². The molecule has 4 aromatic rings. The molecule has 0 atom stereocenters. The largest absolute Gasteiger partial charge is 0.423 e. The molecule has 2 aliphatic rings. The summed E-state index contributed by atoms with van der Waals surface area (Å²) in [4.78, 5) is 33.3. The van der Waals surface area contributed by atoms with E-state index in [1.807, 2.05) is 29.7 Å². The van der Waals surface area contributed by atoms with Crippen LogP contribution in [0.3, 0.4) is 0 Å². The molecule has 3 heterocycles. The van der Waals surface area contributed by atoms with E-state index in [-0.39, 0.29) is 17.2 Å². The third kappa shape index (κ3) is 3.75. The van der Waals surface area contributed by atoms with Crippen molar-refractivity contribution in [2.24, 2.45) is 0 Å². The molecule has 170 valence electrons. The van der Waals surface area contributed by atoms with Crippen LogP contribution in [0, 0.1) is 6.92 Å². The SMILES string of the molecule is Cc1ccc2c(CSc3nc4sc5c(c4c(=O)n3C3CCCC3)CCCC5)cc(=O)oc2c1. The van der Waals surface area contributed by atoms with Crippen molar-refractivity contribution >= 4 is 44.3 Å². The number of hydrogen-bond donors (Lipinski definition) is 0. The molecule has 0 radical (unpaired) electrons. The third-order valence-corrected chi connectivity index (χ3v) is 9.21. The van der Waals surface area contributed by atoms with E-state index in [1.54, 1.807) is 29.2 Å². The van der Waals surface area contributed by atoms with Crippen molar-refractivity contribution in [1.82, 2.24) is 9.55 Å². The fraction of sp³-hybridized carbons (Fsp3) is 0.423. The summed E-state index contributed by atoms with van der Waals surface area (Å²) < 4.78 is 7.41. The van der Waals surface area contributed by atoms with E-state index in [9.17, 15) is 9.59 Å². The van der Waals surface area contributed by atoms with Crippen molar-refractivity contribution in [3.63, 3.8) is 0 Å². The van der Waals surface area contributed by atoms with Crippen LogP contribution in [0.4, 0.5) is 0 Å². The van der Waals surface area contributed by atoms with Crippen LogP contribution in [0.15, 0.2) is 43.4 Å². The topological polar surface area (TPSA) is 65.1 Å². The monoisotopic (exact) mass is 478 g/mol. The van der Waals surface area contributed by atoms with Gasteiger partial charge in [-0.15, -0.1) is 11.3 Å². The Hall–Kier alpha value is -2.38. The van der Waals surface area contributed by atoms with Crippen LogP contribution < -0.4 is 11.2 Å². The number of nitrogens with zero attached hydrogens (tertiary/aromatic N) is 2. The van der Waals surface area contributed by atoms with Gasteiger partial charge in [-0.3, -0.25) is 9.36 Å². The van der Waals surface area contributed by atoms with Gasteiger partial charge in [-0.25, -0.2) is 9.78 Å². The van der Waals surface area contributed by atoms with Gasteiger partial charge in [-0.2, -0.15) is 0 Å². The van der Waals surface area contributed by atoms with E-state index in [0.29, 0.717) is 11.3 Å². The average Bonchev–Trinajstić information content (AvgIpc) is 3.44. The molecule has 1 fully saturated rings. The number of rotatable bonds is 4. The average molecular weight is 479 g/mol. The molecule has 0 spiro atoms. The minimum absolute atomic E-state index is 0.141. The van der Waals surface area contributed by atoms with Gasteiger partial charge in [0.15, 0.2) is 5.16 Å². The van der Waals surface area contributed by atoms with Gasteiger partial charge in [0.25, 0.3) is 5.56 Å². The Morgan fingerprint density at radius 2 is 1.94 bits per heavy atom. The zero-order valence-electron chi connectivity index (χ0n) is 18.7. The van der Waals surface area contributed by atoms with Crippen LogP contribution in [0.25, 0.3) is 21.2 Å². The summed E-state index contributed by atoms with van der Waals surface area (Å²) in [5.41, 5.74) is 3.64. The maximum atomic E-state index is 13.8. The molecule has 0 unspecified atom stereocenters. The highest BCUT2D eigenvalue weighted by atomic mass is 32.2. The first-order valence-corrected chi connectivity index (χ1v) is 13.6. The first-order valence-electron chi connectivity index (χ1n) is 11.8. The van der Waals surface area contributed by atoms with Crippen LogP contribution in [0.2, 0.25) is 0 Å². The van der Waals surface area contributed by atoms with E-state index in [0.717, 1.165) is 76.8 Å². The molecule has 0 amide bonds. The molecule has 7 heteroatoms. The van der Waals surface area contributed by atoms with E-state index in [2.05, 4.69) is 0 Å². The molecule has 1 saturated carbocycles. The lowest BCUT2D eigenvalue weighted by atomic mass is 9.97. The second-order valence-electron chi connectivity index (χ2n) is 9.28. The molecule has 3 aromatic heterocycles. The smallest absolute Gasteiger partial charge is 0.336 e. The van der Waals surface area contributed by atoms with Crippen molar-refractivity contribution in [3.05, 3.63) is 66.6 Å². The van der Waals surface area contributed by atoms with E-state index in [1.165, 1.54) is 16.9 Å². The summed E-state index contributed by atoms with van der Waals surface area (Å²) in [6.45, 7) is 1.99. The molecule has 0 bridgehead atoms. The number of aryl methyl sites for hydroxylation is 3. The first-order chi connectivity index (χ1) is 16.1. The maximum absolute atomic E-state index is 13.8. The molecule has 6 rings (SSSR count). The summed E-state index contributed by atoms with van der Waals surface area (Å²) >= 11 is 3.27. The van der Waals surface area contributed by atoms with Crippen molar-refractivity contribution in [3.8, 4) is 0 Å². The molecule has 0 saturated heterocycles. The second kappa shape index (κ2) is 8.44. The Labute approximate surface area is 199 Å². The van der Waals surface area contributed by atoms with Crippen LogP contribution in [-0.2, 0) is 18.6 Å². The predicted octanol–water partition coefficient (Wildman–Crippen LogP) is 6.16. The second-order valence-corrected chi connectivity index (χ2v) is 11.3. The van der Waals surface area contributed by atoms with Gasteiger partial charge in [-0.05, 0) is 68.2 Å². The van der Waals surface area contributed by atoms with Crippen LogP contribution in [0.5, 0.6) is 0 Å². The summed E-state index contributed by atoms with van der Waals surface area (Å²) in [7, 11) is 0. The Morgan fingerprint density at radius 1 is 1.12 bits per heavy atom. The van der Waals surface area contributed by atoms with Crippen LogP contribution >= 0.6 is 23.1 Å². The summed E-state index contributed by atoms with van der Waals surface area (Å²) in [6, 6.07) is 7.74. The molecule has 33 heavy (non-hydrogen) atoms. The Balaban J connectivity index is 1.46. The van der Waals surface area contributed by atoms with Crippen molar-refractivity contribution in [2.75, 3.05) is 0 Å². The van der Waals surface area contributed by atoms with Crippen molar-refractivity contribution in [2.45, 2.75) is 75.2 Å². The number of aromatic nitrogens is 2. The number of hydrogen-bond acceptors (Lipinski definition) is 6. The highest BCUT2D eigenvalue weighted by molar-refractivity contribution is 7.98. The summed E-state index contributed by atoms with van der Waals surface area (Å²) in [5.74, 6) is 0.570. The van der Waals surface area contributed by atoms with E-state index in [4.69, 9.17) is 9.40 Å². The maximum Gasteiger partial charge on any atom is 0.336 e. The zero-order valence-corrected chi connectivity index (χ0v) is 20.3. The normalized spacial score (nSPS) is 16.6. The number of thiophene rings is 1. The number of benzene rings is 1. The molecule has 2 aliphatic carbocycles. The predicted molar refractivity (Wildman–Crippen MR) is 135 cm³/mol. The lowest BCUT2D eigenvalue weighted by molar-refractivity contribution is 0.457. The minimum atomic E-state index is -0.341. The van der Waals surface area contributed by atoms with Gasteiger partial charge >= 0.3 is 5.63 Å². The zero-order chi connectivity index (χ0) is 22.5. The Kier molecular flexibility index (Phi) is 5.41. The third-order valence-electron chi connectivity index (χ3n) is 7.02. The fourth-order valence-corrected chi connectivity index (χ4v) is 7.74. The molecular formula is C26H26N2O3S2. The molecule has 1 aromatic carbocycles. The Morgan fingerprint density at radius 3 is 2.79 bits per heavy atom. The van der Waals surface area contributed by atoms with E-state index >= 15 is 0 Å². The number of thioether (sulfide) groups is 1. The van der Waals surface area contributed by atoms with Gasteiger partial charge in [-0.1, -0.05) is 36.7 Å². The summed E-state index contributed by atoms with van der Waals surface area (Å²) in [6.07, 6.45) is 8.79. The summed E-state index contributed by atoms with van der Waals surface area (Å²) in [5, 5.41) is 2.59. The van der Waals surface area contributed by atoms with Crippen molar-refractivity contribution in [1.29, 1.82) is 0 Å². The highest BCUT2D eigenvalue weighted by Gasteiger charge is 2.27. The van der Waals surface area contributed by atoms with Crippen molar-refractivity contribution < 1.29 is 4.42 Å².